The lowest BCUT2D eigenvalue weighted by molar-refractivity contribution is 0.0765. The SMILES string of the molecule is N=C(N)N(N=C=S)C(O)CS. The molecule has 0 aromatic carbocycles. The van der Waals surface area contributed by atoms with Crippen molar-refractivity contribution in [3.05, 3.63) is 0 Å². The Morgan fingerprint density at radius 2 is 2.55 bits per heavy atom. The topological polar surface area (TPSA) is 85.7 Å². The maximum absolute atomic E-state index is 9.07. The van der Waals surface area contributed by atoms with Crippen molar-refractivity contribution in [1.29, 1.82) is 5.41 Å². The van der Waals surface area contributed by atoms with Gasteiger partial charge in [-0.15, -0.1) is 5.10 Å². The first kappa shape index (κ1) is 10.4. The Balaban J connectivity index is 4.32. The minimum atomic E-state index is -1.04. The summed E-state index contributed by atoms with van der Waals surface area (Å²) in [6.45, 7) is 0. The maximum Gasteiger partial charge on any atom is 0.212 e. The monoisotopic (exact) mass is 192 g/mol. The van der Waals surface area contributed by atoms with Crippen molar-refractivity contribution in [2.24, 2.45) is 10.8 Å². The van der Waals surface area contributed by atoms with Crippen LogP contribution in [0.2, 0.25) is 0 Å². The molecule has 0 saturated heterocycles. The Labute approximate surface area is 74.8 Å². The van der Waals surface area contributed by atoms with Crippen molar-refractivity contribution >= 4 is 36.0 Å². The lowest BCUT2D eigenvalue weighted by Crippen LogP contribution is -2.41. The van der Waals surface area contributed by atoms with Crippen LogP contribution in [0.4, 0.5) is 0 Å². The molecule has 0 bridgehead atoms. The molecule has 11 heavy (non-hydrogen) atoms. The van der Waals surface area contributed by atoms with Gasteiger partial charge in [0.2, 0.25) is 5.96 Å². The summed E-state index contributed by atoms with van der Waals surface area (Å²) in [6.07, 6.45) is -1.04. The molecule has 0 aliphatic rings. The molecule has 0 aromatic rings. The molecule has 0 heterocycles. The molecule has 0 aliphatic carbocycles. The summed E-state index contributed by atoms with van der Waals surface area (Å²) < 4.78 is 0. The molecule has 0 radical (unpaired) electrons. The minimum absolute atomic E-state index is 0.111. The standard InChI is InChI=1S/C4H8N4OS2/c5-4(6)8(7-2-11)3(9)1-10/h3,9-10H,1H2,(H3,5,6). The number of aliphatic hydroxyl groups is 1. The molecule has 0 aromatic heterocycles. The number of nitrogens with one attached hydrogen (secondary N) is 1. The van der Waals surface area contributed by atoms with Crippen LogP contribution in [-0.4, -0.2) is 33.2 Å². The highest BCUT2D eigenvalue weighted by Crippen LogP contribution is 1.96. The van der Waals surface area contributed by atoms with E-state index in [0.29, 0.717) is 0 Å². The number of hydrogen-bond donors (Lipinski definition) is 4. The van der Waals surface area contributed by atoms with E-state index in [-0.39, 0.29) is 5.75 Å². The third-order valence-corrected chi connectivity index (χ3v) is 1.25. The number of thiocarbonyl (C=S) groups is 1. The fourth-order valence-corrected chi connectivity index (χ4v) is 0.645. The fourth-order valence-electron chi connectivity index (χ4n) is 0.402. The van der Waals surface area contributed by atoms with Crippen LogP contribution in [0.15, 0.2) is 5.10 Å². The van der Waals surface area contributed by atoms with Gasteiger partial charge >= 0.3 is 0 Å². The van der Waals surface area contributed by atoms with E-state index < -0.39 is 12.2 Å². The summed E-state index contributed by atoms with van der Waals surface area (Å²) in [5, 5.41) is 22.1. The number of aliphatic hydroxyl groups excluding tert-OH is 1. The van der Waals surface area contributed by atoms with E-state index in [1.165, 1.54) is 0 Å². The van der Waals surface area contributed by atoms with Gasteiger partial charge in [0.25, 0.3) is 0 Å². The Bertz CT molecular complexity index is 189. The van der Waals surface area contributed by atoms with E-state index in [9.17, 15) is 0 Å². The second-order valence-corrected chi connectivity index (χ2v) is 2.13. The van der Waals surface area contributed by atoms with Crippen LogP contribution in [0.1, 0.15) is 0 Å². The number of isothiocyanates is 1. The number of rotatable bonds is 3. The van der Waals surface area contributed by atoms with Gasteiger partial charge in [-0.3, -0.25) is 5.41 Å². The molecule has 0 aliphatic heterocycles. The van der Waals surface area contributed by atoms with Crippen LogP contribution in [0, 0.1) is 5.41 Å². The van der Waals surface area contributed by atoms with Gasteiger partial charge in [-0.05, 0) is 12.2 Å². The summed E-state index contributed by atoms with van der Waals surface area (Å²) >= 11 is 8.04. The first-order chi connectivity index (χ1) is 5.13. The number of nitrogens with zero attached hydrogens (tertiary/aromatic N) is 2. The Hall–Kier alpha value is -0.620. The quantitative estimate of drug-likeness (QED) is 0.121. The highest BCUT2D eigenvalue weighted by Gasteiger charge is 2.13. The second-order valence-electron chi connectivity index (χ2n) is 1.58. The van der Waals surface area contributed by atoms with Crippen molar-refractivity contribution in [3.8, 4) is 0 Å². The average molecular weight is 192 g/mol. The molecule has 1 atom stereocenters. The van der Waals surface area contributed by atoms with Gasteiger partial charge in [0.05, 0.1) is 5.16 Å². The van der Waals surface area contributed by atoms with Gasteiger partial charge in [0.15, 0.2) is 6.23 Å². The van der Waals surface area contributed by atoms with E-state index in [1.807, 2.05) is 5.16 Å². The lowest BCUT2D eigenvalue weighted by Gasteiger charge is -2.19. The highest BCUT2D eigenvalue weighted by molar-refractivity contribution is 7.80. The molecule has 5 nitrogen and oxygen atoms in total. The highest BCUT2D eigenvalue weighted by atomic mass is 32.1. The fraction of sp³-hybridized carbons (Fsp3) is 0.500. The van der Waals surface area contributed by atoms with Gasteiger partial charge in [-0.2, -0.15) is 17.6 Å². The molecule has 62 valence electrons. The summed E-state index contributed by atoms with van der Waals surface area (Å²) in [4.78, 5) is 0. The average Bonchev–Trinajstić information content (AvgIpc) is 1.98. The molecule has 0 fully saturated rings. The molecule has 4 N–H and O–H groups in total. The van der Waals surface area contributed by atoms with E-state index in [4.69, 9.17) is 16.2 Å². The van der Waals surface area contributed by atoms with Gasteiger partial charge in [-0.1, -0.05) is 0 Å². The Morgan fingerprint density at radius 1 is 2.00 bits per heavy atom. The molecular weight excluding hydrogens is 184 g/mol. The van der Waals surface area contributed by atoms with E-state index in [1.54, 1.807) is 0 Å². The zero-order valence-corrected chi connectivity index (χ0v) is 7.27. The number of thiol groups is 1. The first-order valence-corrected chi connectivity index (χ1v) is 3.67. The van der Waals surface area contributed by atoms with Crippen LogP contribution in [0.3, 0.4) is 0 Å². The molecule has 0 amide bonds. The smallest absolute Gasteiger partial charge is 0.212 e. The molecule has 1 unspecified atom stereocenters. The van der Waals surface area contributed by atoms with E-state index >= 15 is 0 Å². The number of guanidine groups is 1. The number of nitrogens with two attached hydrogens (primary N) is 1. The maximum atomic E-state index is 9.07. The molecule has 0 saturated carbocycles. The first-order valence-electron chi connectivity index (χ1n) is 2.63. The zero-order chi connectivity index (χ0) is 8.85. The molecule has 0 rings (SSSR count). The Kier molecular flexibility index (Phi) is 4.80. The van der Waals surface area contributed by atoms with Crippen LogP contribution in [0.5, 0.6) is 0 Å². The van der Waals surface area contributed by atoms with E-state index in [2.05, 4.69) is 29.9 Å². The van der Waals surface area contributed by atoms with Crippen molar-refractivity contribution in [3.63, 3.8) is 0 Å². The van der Waals surface area contributed by atoms with Crippen molar-refractivity contribution in [1.82, 2.24) is 5.01 Å². The third kappa shape index (κ3) is 3.33. The lowest BCUT2D eigenvalue weighted by atomic mass is 10.6. The normalized spacial score (nSPS) is 11.5. The van der Waals surface area contributed by atoms with Crippen LogP contribution >= 0.6 is 24.8 Å². The molecular formula is C4H8N4OS2. The van der Waals surface area contributed by atoms with Gasteiger partial charge in [0, 0.05) is 5.75 Å². The third-order valence-electron chi connectivity index (χ3n) is 0.841. The van der Waals surface area contributed by atoms with Crippen LogP contribution in [0.25, 0.3) is 0 Å². The van der Waals surface area contributed by atoms with Gasteiger partial charge < -0.3 is 10.8 Å². The van der Waals surface area contributed by atoms with E-state index in [0.717, 1.165) is 5.01 Å². The number of hydrazone groups is 1. The van der Waals surface area contributed by atoms with Crippen molar-refractivity contribution in [2.45, 2.75) is 6.23 Å². The zero-order valence-electron chi connectivity index (χ0n) is 5.56. The van der Waals surface area contributed by atoms with Crippen LogP contribution in [-0.2, 0) is 0 Å². The molecule has 7 heteroatoms. The summed E-state index contributed by atoms with van der Waals surface area (Å²) in [5.41, 5.74) is 5.03. The predicted molar refractivity (Wildman–Crippen MR) is 48.6 cm³/mol. The van der Waals surface area contributed by atoms with Crippen LogP contribution < -0.4 is 5.73 Å². The van der Waals surface area contributed by atoms with Gasteiger partial charge in [0.1, 0.15) is 0 Å². The largest absolute Gasteiger partial charge is 0.371 e. The summed E-state index contributed by atoms with van der Waals surface area (Å²) in [6, 6.07) is 0. The summed E-state index contributed by atoms with van der Waals surface area (Å²) in [7, 11) is 0. The van der Waals surface area contributed by atoms with Gasteiger partial charge in [-0.25, -0.2) is 0 Å². The molecule has 0 spiro atoms. The summed E-state index contributed by atoms with van der Waals surface area (Å²) in [5.74, 6) is -0.288. The van der Waals surface area contributed by atoms with Crippen molar-refractivity contribution < 1.29 is 5.11 Å². The second kappa shape index (κ2) is 5.09. The Morgan fingerprint density at radius 3 is 2.82 bits per heavy atom. The minimum Gasteiger partial charge on any atom is -0.371 e. The number of hydrogen-bond acceptors (Lipinski definition) is 5. The predicted octanol–water partition coefficient (Wildman–Crippen LogP) is -0.552. The van der Waals surface area contributed by atoms with Crippen molar-refractivity contribution in [2.75, 3.05) is 5.75 Å².